The first-order valence-electron chi connectivity index (χ1n) is 17.4. The Morgan fingerprint density at radius 3 is 1.30 bits per heavy atom. The lowest BCUT2D eigenvalue weighted by molar-refractivity contribution is 0.309. The van der Waals surface area contributed by atoms with Gasteiger partial charge in [-0.3, -0.25) is 0 Å². The van der Waals surface area contributed by atoms with Crippen LogP contribution in [0.3, 0.4) is 0 Å². The van der Waals surface area contributed by atoms with Gasteiger partial charge in [-0.05, 0) is 129 Å². The highest BCUT2D eigenvalue weighted by molar-refractivity contribution is 6.13. The summed E-state index contributed by atoms with van der Waals surface area (Å²) in [4.78, 5) is 0. The molecule has 0 atom stereocenters. The number of hydrogen-bond donors (Lipinski definition) is 0. The van der Waals surface area contributed by atoms with E-state index in [4.69, 9.17) is 14.2 Å². The summed E-state index contributed by atoms with van der Waals surface area (Å²) in [5, 5.41) is 4.90. The molecule has 0 amide bonds. The highest BCUT2D eigenvalue weighted by Crippen LogP contribution is 2.46. The first-order valence-corrected chi connectivity index (χ1v) is 17.4. The molecule has 0 aliphatic rings. The molecular weight excluding hydrogens is 576 g/mol. The summed E-state index contributed by atoms with van der Waals surface area (Å²) in [6.07, 6.45) is 6.49. The molecule has 6 aromatic rings. The first-order chi connectivity index (χ1) is 23.2. The van der Waals surface area contributed by atoms with Gasteiger partial charge in [-0.2, -0.15) is 0 Å². The van der Waals surface area contributed by atoms with Crippen molar-refractivity contribution >= 4 is 21.5 Å². The average Bonchev–Trinajstić information content (AvgIpc) is 3.11. The molecule has 0 N–H and O–H groups in total. The van der Waals surface area contributed by atoms with Crippen LogP contribution in [0.25, 0.3) is 54.9 Å². The minimum absolute atomic E-state index is 0.731. The second kappa shape index (κ2) is 15.7. The van der Waals surface area contributed by atoms with Crippen LogP contribution in [0.1, 0.15) is 59.3 Å². The largest absolute Gasteiger partial charge is 0.494 e. The minimum atomic E-state index is 0.731. The standard InChI is InChI=1S/C44H46O3/c1-4-7-26-45-38-20-14-32(15-21-38)41-31-37-29-35-12-10-11-13-36(35)30-42(37)44(34-18-24-40(25-19-34)47-28-9-6-3)43(41)33-16-22-39(23-17-33)46-27-8-5-2/h10-25,29-31H,4-9,26-28H2,1-3H3. The molecule has 47 heavy (non-hydrogen) atoms. The Morgan fingerprint density at radius 1 is 0.404 bits per heavy atom. The highest BCUT2D eigenvalue weighted by Gasteiger charge is 2.19. The van der Waals surface area contributed by atoms with Gasteiger partial charge in [-0.15, -0.1) is 0 Å². The molecule has 6 rings (SSSR count). The first kappa shape index (κ1) is 32.2. The molecule has 0 aliphatic heterocycles. The molecule has 3 nitrogen and oxygen atoms in total. The fourth-order valence-electron chi connectivity index (χ4n) is 6.09. The van der Waals surface area contributed by atoms with E-state index in [9.17, 15) is 0 Å². The Kier molecular flexibility index (Phi) is 10.7. The van der Waals surface area contributed by atoms with Crippen molar-refractivity contribution in [1.82, 2.24) is 0 Å². The van der Waals surface area contributed by atoms with Gasteiger partial charge >= 0.3 is 0 Å². The number of hydrogen-bond acceptors (Lipinski definition) is 3. The third kappa shape index (κ3) is 7.63. The maximum Gasteiger partial charge on any atom is 0.119 e. The van der Waals surface area contributed by atoms with Crippen molar-refractivity contribution < 1.29 is 14.2 Å². The van der Waals surface area contributed by atoms with Crippen LogP contribution in [-0.2, 0) is 0 Å². The molecule has 0 saturated carbocycles. The number of fused-ring (bicyclic) bond motifs is 2. The van der Waals surface area contributed by atoms with E-state index in [0.29, 0.717) is 0 Å². The van der Waals surface area contributed by atoms with Crippen LogP contribution < -0.4 is 14.2 Å². The SMILES string of the molecule is CCCCOc1ccc(-c2cc3cc4ccccc4cc3c(-c3ccc(OCCCC)cc3)c2-c2ccc(OCCCC)cc2)cc1. The van der Waals surface area contributed by atoms with Crippen LogP contribution in [0.2, 0.25) is 0 Å². The van der Waals surface area contributed by atoms with E-state index in [1.165, 1.54) is 38.2 Å². The van der Waals surface area contributed by atoms with Gasteiger partial charge in [-0.1, -0.05) is 101 Å². The van der Waals surface area contributed by atoms with Gasteiger partial charge in [0.15, 0.2) is 0 Å². The molecule has 240 valence electrons. The van der Waals surface area contributed by atoms with Crippen molar-refractivity contribution in [3.8, 4) is 50.6 Å². The fourth-order valence-corrected chi connectivity index (χ4v) is 6.09. The maximum absolute atomic E-state index is 6.06. The smallest absolute Gasteiger partial charge is 0.119 e. The van der Waals surface area contributed by atoms with E-state index >= 15 is 0 Å². The van der Waals surface area contributed by atoms with E-state index in [1.807, 2.05) is 0 Å². The van der Waals surface area contributed by atoms with Crippen molar-refractivity contribution in [3.63, 3.8) is 0 Å². The third-order valence-electron chi connectivity index (χ3n) is 8.76. The van der Waals surface area contributed by atoms with Crippen molar-refractivity contribution in [2.75, 3.05) is 19.8 Å². The summed E-state index contributed by atoms with van der Waals surface area (Å²) in [6, 6.07) is 41.6. The van der Waals surface area contributed by atoms with E-state index in [0.717, 1.165) is 92.3 Å². The quantitative estimate of drug-likeness (QED) is 0.0842. The number of rotatable bonds is 15. The van der Waals surface area contributed by atoms with Crippen LogP contribution in [-0.4, -0.2) is 19.8 Å². The van der Waals surface area contributed by atoms with Gasteiger partial charge < -0.3 is 14.2 Å². The van der Waals surface area contributed by atoms with Gasteiger partial charge in [0.2, 0.25) is 0 Å². The summed E-state index contributed by atoms with van der Waals surface area (Å²) >= 11 is 0. The van der Waals surface area contributed by atoms with Crippen LogP contribution in [0.4, 0.5) is 0 Å². The van der Waals surface area contributed by atoms with Crippen molar-refractivity contribution in [3.05, 3.63) is 115 Å². The maximum atomic E-state index is 6.06. The van der Waals surface area contributed by atoms with Crippen molar-refractivity contribution in [1.29, 1.82) is 0 Å². The molecule has 0 aliphatic carbocycles. The molecule has 0 unspecified atom stereocenters. The lowest BCUT2D eigenvalue weighted by atomic mass is 9.83. The van der Waals surface area contributed by atoms with E-state index in [-0.39, 0.29) is 0 Å². The van der Waals surface area contributed by atoms with E-state index < -0.39 is 0 Å². The molecule has 0 heterocycles. The normalized spacial score (nSPS) is 11.2. The number of benzene rings is 6. The van der Waals surface area contributed by atoms with E-state index in [2.05, 4.69) is 136 Å². The number of unbranched alkanes of at least 4 members (excludes halogenated alkanes) is 3. The molecule has 0 bridgehead atoms. The Labute approximate surface area is 280 Å². The molecule has 0 radical (unpaired) electrons. The monoisotopic (exact) mass is 622 g/mol. The van der Waals surface area contributed by atoms with Gasteiger partial charge in [-0.25, -0.2) is 0 Å². The lowest BCUT2D eigenvalue weighted by Crippen LogP contribution is -1.98. The summed E-state index contributed by atoms with van der Waals surface area (Å²) in [7, 11) is 0. The lowest BCUT2D eigenvalue weighted by Gasteiger charge is -2.21. The van der Waals surface area contributed by atoms with Crippen molar-refractivity contribution in [2.45, 2.75) is 59.3 Å². The van der Waals surface area contributed by atoms with Gasteiger partial charge in [0.25, 0.3) is 0 Å². The van der Waals surface area contributed by atoms with Gasteiger partial charge in [0, 0.05) is 0 Å². The summed E-state index contributed by atoms with van der Waals surface area (Å²) in [6.45, 7) is 8.76. The van der Waals surface area contributed by atoms with E-state index in [1.54, 1.807) is 0 Å². The Hall–Kier alpha value is -4.76. The van der Waals surface area contributed by atoms with Crippen LogP contribution in [0.5, 0.6) is 17.2 Å². The summed E-state index contributed by atoms with van der Waals surface area (Å²) in [5.74, 6) is 2.71. The Morgan fingerprint density at radius 2 is 0.830 bits per heavy atom. The zero-order valence-corrected chi connectivity index (χ0v) is 28.1. The Balaban J connectivity index is 1.56. The second-order valence-electron chi connectivity index (χ2n) is 12.3. The van der Waals surface area contributed by atoms with Crippen LogP contribution in [0.15, 0.2) is 115 Å². The van der Waals surface area contributed by atoms with Gasteiger partial charge in [0.1, 0.15) is 17.2 Å². The average molecular weight is 623 g/mol. The zero-order valence-electron chi connectivity index (χ0n) is 28.1. The molecule has 6 aromatic carbocycles. The predicted octanol–water partition coefficient (Wildman–Crippen LogP) is 12.5. The van der Waals surface area contributed by atoms with Gasteiger partial charge in [0.05, 0.1) is 19.8 Å². The fraction of sp³-hybridized carbons (Fsp3) is 0.273. The second-order valence-corrected chi connectivity index (χ2v) is 12.3. The summed E-state index contributed by atoms with van der Waals surface area (Å²) < 4.78 is 18.2. The number of ether oxygens (including phenoxy) is 3. The predicted molar refractivity (Wildman–Crippen MR) is 199 cm³/mol. The topological polar surface area (TPSA) is 27.7 Å². The van der Waals surface area contributed by atoms with Crippen LogP contribution >= 0.6 is 0 Å². The molecular formula is C44H46O3. The van der Waals surface area contributed by atoms with Crippen LogP contribution in [0, 0.1) is 0 Å². The summed E-state index contributed by atoms with van der Waals surface area (Å²) in [5.41, 5.74) is 7.07. The third-order valence-corrected chi connectivity index (χ3v) is 8.76. The van der Waals surface area contributed by atoms with Crippen molar-refractivity contribution in [2.24, 2.45) is 0 Å². The molecule has 0 saturated heterocycles. The molecule has 0 aromatic heterocycles. The molecule has 0 spiro atoms. The highest BCUT2D eigenvalue weighted by atomic mass is 16.5. The molecule has 3 heteroatoms. The Bertz CT molecular complexity index is 1890. The zero-order chi connectivity index (χ0) is 32.4. The molecule has 0 fully saturated rings. The minimum Gasteiger partial charge on any atom is -0.494 e.